The normalized spacial score (nSPS) is 18.8. The zero-order valence-corrected chi connectivity index (χ0v) is 10.6. The number of likely N-dealkylation sites (N-methyl/N-ethyl adjacent to an activating group) is 1. The second-order valence-corrected chi connectivity index (χ2v) is 4.62. The summed E-state index contributed by atoms with van der Waals surface area (Å²) in [7, 11) is 1.67. The van der Waals surface area contributed by atoms with E-state index in [4.69, 9.17) is 0 Å². The van der Waals surface area contributed by atoms with E-state index in [9.17, 15) is 19.3 Å². The van der Waals surface area contributed by atoms with Gasteiger partial charge in [0, 0.05) is 13.6 Å². The van der Waals surface area contributed by atoms with Gasteiger partial charge in [0.25, 0.3) is 5.69 Å². The molecule has 1 atom stereocenters. The number of nitro groups is 1. The van der Waals surface area contributed by atoms with Crippen molar-refractivity contribution in [3.8, 4) is 0 Å². The van der Waals surface area contributed by atoms with Crippen molar-refractivity contribution in [2.24, 2.45) is 0 Å². The van der Waals surface area contributed by atoms with Crippen LogP contribution in [0.4, 0.5) is 15.8 Å². The first-order valence-electron chi connectivity index (χ1n) is 5.86. The van der Waals surface area contributed by atoms with Crippen LogP contribution >= 0.6 is 0 Å². The minimum Gasteiger partial charge on any atom is -0.368 e. The van der Waals surface area contributed by atoms with Gasteiger partial charge in [-0.2, -0.15) is 0 Å². The third kappa shape index (κ3) is 2.49. The number of nitro benzene ring substituents is 1. The van der Waals surface area contributed by atoms with Crippen LogP contribution in [0.3, 0.4) is 0 Å². The lowest BCUT2D eigenvalue weighted by Gasteiger charge is -2.14. The first kappa shape index (κ1) is 13.3. The van der Waals surface area contributed by atoms with Crippen molar-refractivity contribution in [1.29, 1.82) is 0 Å². The Bertz CT molecular complexity index is 547. The number of aryl methyl sites for hydroxylation is 1. The zero-order valence-electron chi connectivity index (χ0n) is 10.6. The van der Waals surface area contributed by atoms with Gasteiger partial charge in [0.05, 0.1) is 11.0 Å². The predicted octanol–water partition coefficient (Wildman–Crippen LogP) is 1.68. The molecule has 1 aliphatic heterocycles. The molecule has 0 spiro atoms. The number of halogens is 1. The molecule has 1 fully saturated rings. The van der Waals surface area contributed by atoms with Crippen LogP contribution in [0.5, 0.6) is 0 Å². The lowest BCUT2D eigenvalue weighted by molar-refractivity contribution is -0.384. The SMILES string of the molecule is Cc1cc(NC2CCN(C)C2=O)c([N+](=O)[O-])cc1F. The summed E-state index contributed by atoms with van der Waals surface area (Å²) in [6, 6.07) is 1.74. The zero-order chi connectivity index (χ0) is 14.2. The summed E-state index contributed by atoms with van der Waals surface area (Å²) >= 11 is 0. The number of amides is 1. The minimum absolute atomic E-state index is 0.115. The molecule has 0 bridgehead atoms. The number of hydrogen-bond donors (Lipinski definition) is 1. The van der Waals surface area contributed by atoms with Gasteiger partial charge in [0.1, 0.15) is 17.5 Å². The summed E-state index contributed by atoms with van der Waals surface area (Å²) in [5.41, 5.74) is 0.120. The molecule has 102 valence electrons. The number of hydrogen-bond acceptors (Lipinski definition) is 4. The lowest BCUT2D eigenvalue weighted by atomic mass is 10.1. The first-order chi connectivity index (χ1) is 8.90. The molecule has 19 heavy (non-hydrogen) atoms. The molecule has 2 rings (SSSR count). The number of benzene rings is 1. The Labute approximate surface area is 109 Å². The Morgan fingerprint density at radius 3 is 2.74 bits per heavy atom. The van der Waals surface area contributed by atoms with E-state index in [0.717, 1.165) is 6.07 Å². The van der Waals surface area contributed by atoms with E-state index in [0.29, 0.717) is 18.5 Å². The van der Waals surface area contributed by atoms with Crippen molar-refractivity contribution in [2.75, 3.05) is 18.9 Å². The molecule has 1 heterocycles. The highest BCUT2D eigenvalue weighted by atomic mass is 19.1. The van der Waals surface area contributed by atoms with Crippen molar-refractivity contribution in [1.82, 2.24) is 4.90 Å². The summed E-state index contributed by atoms with van der Waals surface area (Å²) in [5.74, 6) is -0.747. The summed E-state index contributed by atoms with van der Waals surface area (Å²) in [6.45, 7) is 2.12. The number of anilines is 1. The van der Waals surface area contributed by atoms with Gasteiger partial charge in [-0.05, 0) is 25.0 Å². The molecule has 1 amide bonds. The maximum atomic E-state index is 13.4. The van der Waals surface area contributed by atoms with Crippen LogP contribution in [-0.4, -0.2) is 35.4 Å². The van der Waals surface area contributed by atoms with E-state index in [-0.39, 0.29) is 17.3 Å². The largest absolute Gasteiger partial charge is 0.368 e. The number of carbonyl (C=O) groups excluding carboxylic acids is 1. The van der Waals surface area contributed by atoms with E-state index in [1.807, 2.05) is 0 Å². The van der Waals surface area contributed by atoms with Crippen LogP contribution in [0.15, 0.2) is 12.1 Å². The fourth-order valence-electron chi connectivity index (χ4n) is 2.08. The molecule has 0 aromatic heterocycles. The molecule has 1 aromatic rings. The van der Waals surface area contributed by atoms with Crippen LogP contribution in [0.2, 0.25) is 0 Å². The van der Waals surface area contributed by atoms with Gasteiger partial charge in [0.2, 0.25) is 5.91 Å². The van der Waals surface area contributed by atoms with Crippen LogP contribution in [-0.2, 0) is 4.79 Å². The molecule has 0 saturated carbocycles. The number of rotatable bonds is 3. The third-order valence-electron chi connectivity index (χ3n) is 3.23. The molecule has 1 aliphatic rings. The van der Waals surface area contributed by atoms with Gasteiger partial charge < -0.3 is 10.2 Å². The maximum absolute atomic E-state index is 13.4. The third-order valence-corrected chi connectivity index (χ3v) is 3.23. The highest BCUT2D eigenvalue weighted by Gasteiger charge is 2.30. The standard InChI is InChI=1S/C12H14FN3O3/c1-7-5-10(11(16(18)19)6-8(7)13)14-9-3-4-15(2)12(9)17/h5-6,9,14H,3-4H2,1-2H3. The van der Waals surface area contributed by atoms with Crippen LogP contribution in [0.1, 0.15) is 12.0 Å². The van der Waals surface area contributed by atoms with Gasteiger partial charge in [-0.15, -0.1) is 0 Å². The highest BCUT2D eigenvalue weighted by Crippen LogP contribution is 2.29. The second-order valence-electron chi connectivity index (χ2n) is 4.62. The number of carbonyl (C=O) groups is 1. The predicted molar refractivity (Wildman–Crippen MR) is 67.5 cm³/mol. The van der Waals surface area contributed by atoms with Crippen molar-refractivity contribution in [2.45, 2.75) is 19.4 Å². The Balaban J connectivity index is 2.32. The molecular weight excluding hydrogens is 253 g/mol. The molecule has 7 heteroatoms. The summed E-state index contributed by atoms with van der Waals surface area (Å²) in [4.78, 5) is 23.6. The molecule has 1 unspecified atom stereocenters. The van der Waals surface area contributed by atoms with Gasteiger partial charge in [-0.1, -0.05) is 0 Å². The average molecular weight is 267 g/mol. The van der Waals surface area contributed by atoms with E-state index in [1.54, 1.807) is 11.9 Å². The molecule has 1 saturated heterocycles. The molecule has 0 aliphatic carbocycles. The van der Waals surface area contributed by atoms with E-state index < -0.39 is 16.8 Å². The Kier molecular flexibility index (Phi) is 3.37. The lowest BCUT2D eigenvalue weighted by Crippen LogP contribution is -2.31. The van der Waals surface area contributed by atoms with Gasteiger partial charge >= 0.3 is 0 Å². The monoisotopic (exact) mass is 267 g/mol. The second kappa shape index (κ2) is 4.83. The van der Waals surface area contributed by atoms with Crippen molar-refractivity contribution in [3.63, 3.8) is 0 Å². The highest BCUT2D eigenvalue weighted by molar-refractivity contribution is 5.87. The molecule has 6 nitrogen and oxygen atoms in total. The minimum atomic E-state index is -0.659. The van der Waals surface area contributed by atoms with Gasteiger partial charge in [-0.25, -0.2) is 4.39 Å². The maximum Gasteiger partial charge on any atom is 0.295 e. The fourth-order valence-corrected chi connectivity index (χ4v) is 2.08. The van der Waals surface area contributed by atoms with Crippen molar-refractivity contribution in [3.05, 3.63) is 33.6 Å². The topological polar surface area (TPSA) is 75.5 Å². The fraction of sp³-hybridized carbons (Fsp3) is 0.417. The van der Waals surface area contributed by atoms with E-state index >= 15 is 0 Å². The van der Waals surface area contributed by atoms with E-state index in [1.165, 1.54) is 13.0 Å². The molecular formula is C12H14FN3O3. The summed E-state index contributed by atoms with van der Waals surface area (Å²) in [5, 5.41) is 13.7. The smallest absolute Gasteiger partial charge is 0.295 e. The molecule has 1 N–H and O–H groups in total. The number of nitrogens with one attached hydrogen (secondary N) is 1. The quantitative estimate of drug-likeness (QED) is 0.668. The van der Waals surface area contributed by atoms with E-state index in [2.05, 4.69) is 5.32 Å². The Hall–Kier alpha value is -2.18. The van der Waals surface area contributed by atoms with Gasteiger partial charge in [-0.3, -0.25) is 14.9 Å². The van der Waals surface area contributed by atoms with Crippen molar-refractivity contribution >= 4 is 17.3 Å². The molecule has 1 aromatic carbocycles. The van der Waals surface area contributed by atoms with Gasteiger partial charge in [0.15, 0.2) is 0 Å². The number of likely N-dealkylation sites (tertiary alicyclic amines) is 1. The van der Waals surface area contributed by atoms with Crippen LogP contribution in [0, 0.1) is 22.9 Å². The molecule has 0 radical (unpaired) electrons. The summed E-state index contributed by atoms with van der Waals surface area (Å²) in [6.07, 6.45) is 0.572. The Morgan fingerprint density at radius 2 is 2.21 bits per heavy atom. The van der Waals surface area contributed by atoms with Crippen LogP contribution < -0.4 is 5.32 Å². The first-order valence-corrected chi connectivity index (χ1v) is 5.86. The van der Waals surface area contributed by atoms with Crippen LogP contribution in [0.25, 0.3) is 0 Å². The van der Waals surface area contributed by atoms with Crippen molar-refractivity contribution < 1.29 is 14.1 Å². The average Bonchev–Trinajstić information content (AvgIpc) is 2.65. The number of nitrogens with zero attached hydrogens (tertiary/aromatic N) is 2. The summed E-state index contributed by atoms with van der Waals surface area (Å²) < 4.78 is 13.4. The Morgan fingerprint density at radius 1 is 1.53 bits per heavy atom.